The van der Waals surface area contributed by atoms with Gasteiger partial charge >= 0.3 is 5.97 Å². The number of piperidine rings is 1. The molecule has 0 radical (unpaired) electrons. The number of H-pyrrole nitrogens is 1. The van der Waals surface area contributed by atoms with Gasteiger partial charge in [-0.25, -0.2) is 14.3 Å². The second-order valence-corrected chi connectivity index (χ2v) is 7.76. The van der Waals surface area contributed by atoms with Gasteiger partial charge in [-0.3, -0.25) is 14.7 Å². The average Bonchev–Trinajstić information content (AvgIpc) is 3.20. The number of nitrogens with one attached hydrogen (secondary N) is 1. The minimum absolute atomic E-state index is 0.00326. The number of hydrogen-bond acceptors (Lipinski definition) is 5. The topological polar surface area (TPSA) is 96.8 Å². The van der Waals surface area contributed by atoms with Gasteiger partial charge in [-0.05, 0) is 30.7 Å². The van der Waals surface area contributed by atoms with Gasteiger partial charge in [-0.1, -0.05) is 37.3 Å². The number of aromatic nitrogens is 3. The summed E-state index contributed by atoms with van der Waals surface area (Å²) in [4.78, 5) is 43.8. The molecule has 1 saturated heterocycles. The molecule has 2 aromatic heterocycles. The summed E-state index contributed by atoms with van der Waals surface area (Å²) in [5.74, 6) is -0.914. The van der Waals surface area contributed by atoms with Crippen LogP contribution >= 0.6 is 0 Å². The number of benzene rings is 1. The maximum atomic E-state index is 13.0. The number of nitrogens with zero attached hydrogens (tertiary/aromatic N) is 3. The summed E-state index contributed by atoms with van der Waals surface area (Å²) < 4.78 is 6.08. The predicted molar refractivity (Wildman–Crippen MR) is 111 cm³/mol. The minimum atomic E-state index is -0.571. The van der Waals surface area contributed by atoms with E-state index in [0.29, 0.717) is 13.1 Å². The fraction of sp³-hybridized carbons (Fsp3) is 0.364. The number of ether oxygens (including phenoxy) is 1. The number of fused-ring (bicyclic) bond motifs is 1. The van der Waals surface area contributed by atoms with Crippen molar-refractivity contribution in [2.45, 2.75) is 32.1 Å². The lowest BCUT2D eigenvalue weighted by molar-refractivity contribution is 0.0528. The molecule has 3 heterocycles. The normalized spacial score (nSPS) is 15.9. The summed E-state index contributed by atoms with van der Waals surface area (Å²) >= 11 is 0. The number of esters is 1. The number of rotatable bonds is 4. The molecule has 1 aromatic carbocycles. The molecule has 0 unspecified atom stereocenters. The molecule has 0 atom stereocenters. The molecular formula is C22H24N4O4. The van der Waals surface area contributed by atoms with Gasteiger partial charge < -0.3 is 9.64 Å². The first kappa shape index (κ1) is 19.9. The van der Waals surface area contributed by atoms with E-state index in [0.717, 1.165) is 17.4 Å². The minimum Gasteiger partial charge on any atom is -0.462 e. The van der Waals surface area contributed by atoms with Crippen molar-refractivity contribution in [2.75, 3.05) is 19.7 Å². The first-order chi connectivity index (χ1) is 14.4. The summed E-state index contributed by atoms with van der Waals surface area (Å²) in [6.07, 6.45) is 4.24. The van der Waals surface area contributed by atoms with Crippen LogP contribution in [0.4, 0.5) is 0 Å². The van der Waals surface area contributed by atoms with Gasteiger partial charge in [0.05, 0.1) is 6.61 Å². The SMILES string of the molecule is CCOC(=O)c1c[nH]n2c(=O)c(C(=O)N3CCC(C)(c4ccccc4)CC3)cnc12. The Kier molecular flexibility index (Phi) is 5.15. The summed E-state index contributed by atoms with van der Waals surface area (Å²) in [7, 11) is 0. The Hall–Kier alpha value is -3.42. The van der Waals surface area contributed by atoms with Crippen LogP contribution in [-0.2, 0) is 10.2 Å². The summed E-state index contributed by atoms with van der Waals surface area (Å²) in [5.41, 5.74) is 1.02. The largest absolute Gasteiger partial charge is 0.462 e. The van der Waals surface area contributed by atoms with E-state index in [2.05, 4.69) is 29.1 Å². The molecule has 1 N–H and O–H groups in total. The molecule has 0 aliphatic carbocycles. The average molecular weight is 408 g/mol. The van der Waals surface area contributed by atoms with Crippen molar-refractivity contribution < 1.29 is 14.3 Å². The molecule has 8 heteroatoms. The molecule has 0 bridgehead atoms. The van der Waals surface area contributed by atoms with E-state index in [4.69, 9.17) is 4.74 Å². The molecule has 1 aliphatic heterocycles. The predicted octanol–water partition coefficient (Wildman–Crippen LogP) is 2.39. The smallest absolute Gasteiger partial charge is 0.343 e. The van der Waals surface area contributed by atoms with Crippen LogP contribution in [0.1, 0.15) is 53.0 Å². The van der Waals surface area contributed by atoms with Crippen molar-refractivity contribution in [3.05, 3.63) is 69.8 Å². The van der Waals surface area contributed by atoms with Crippen LogP contribution in [0.3, 0.4) is 0 Å². The van der Waals surface area contributed by atoms with Crippen LogP contribution in [0, 0.1) is 0 Å². The molecule has 156 valence electrons. The van der Waals surface area contributed by atoms with Gasteiger partial charge in [0.2, 0.25) is 0 Å². The van der Waals surface area contributed by atoms with Gasteiger partial charge in [0.1, 0.15) is 11.1 Å². The van der Waals surface area contributed by atoms with Crippen molar-refractivity contribution in [1.82, 2.24) is 19.5 Å². The highest BCUT2D eigenvalue weighted by molar-refractivity contribution is 5.97. The third kappa shape index (κ3) is 3.38. The lowest BCUT2D eigenvalue weighted by atomic mass is 9.74. The van der Waals surface area contributed by atoms with Crippen LogP contribution in [-0.4, -0.2) is 51.1 Å². The number of likely N-dealkylation sites (tertiary alicyclic amines) is 1. The number of aromatic amines is 1. The standard InChI is InChI=1S/C22H24N4O4/c1-3-30-21(29)16-14-24-26-18(16)23-13-17(20(26)28)19(27)25-11-9-22(2,10-12-25)15-7-5-4-6-8-15/h4-8,13-14,24H,3,9-12H2,1-2H3. The van der Waals surface area contributed by atoms with Crippen molar-refractivity contribution >= 4 is 17.5 Å². The monoisotopic (exact) mass is 408 g/mol. The number of carbonyl (C=O) groups is 2. The number of carbonyl (C=O) groups excluding carboxylic acids is 2. The van der Waals surface area contributed by atoms with E-state index in [-0.39, 0.29) is 34.7 Å². The van der Waals surface area contributed by atoms with Gasteiger partial charge in [0.25, 0.3) is 11.5 Å². The zero-order valence-corrected chi connectivity index (χ0v) is 17.1. The van der Waals surface area contributed by atoms with Crippen molar-refractivity contribution in [1.29, 1.82) is 0 Å². The second kappa shape index (κ2) is 7.78. The lowest BCUT2D eigenvalue weighted by Gasteiger charge is -2.39. The van der Waals surface area contributed by atoms with E-state index in [1.54, 1.807) is 11.8 Å². The van der Waals surface area contributed by atoms with E-state index in [1.807, 2.05) is 18.2 Å². The Morgan fingerprint density at radius 1 is 1.17 bits per heavy atom. The van der Waals surface area contributed by atoms with Crippen LogP contribution < -0.4 is 5.56 Å². The third-order valence-electron chi connectivity index (χ3n) is 5.89. The quantitative estimate of drug-likeness (QED) is 0.669. The molecule has 4 rings (SSSR count). The fourth-order valence-electron chi connectivity index (χ4n) is 3.97. The Labute approximate surface area is 173 Å². The van der Waals surface area contributed by atoms with E-state index in [9.17, 15) is 14.4 Å². The molecule has 0 spiro atoms. The molecule has 3 aromatic rings. The van der Waals surface area contributed by atoms with Gasteiger partial charge in [0.15, 0.2) is 5.65 Å². The van der Waals surface area contributed by atoms with Gasteiger partial charge in [-0.15, -0.1) is 0 Å². The molecule has 30 heavy (non-hydrogen) atoms. The van der Waals surface area contributed by atoms with Crippen LogP contribution in [0.2, 0.25) is 0 Å². The van der Waals surface area contributed by atoms with E-state index in [1.165, 1.54) is 18.0 Å². The first-order valence-electron chi connectivity index (χ1n) is 10.1. The Morgan fingerprint density at radius 2 is 1.87 bits per heavy atom. The molecule has 1 aliphatic rings. The highest BCUT2D eigenvalue weighted by Gasteiger charge is 2.34. The molecular weight excluding hydrogens is 384 g/mol. The highest BCUT2D eigenvalue weighted by atomic mass is 16.5. The van der Waals surface area contributed by atoms with Crippen LogP contribution in [0.25, 0.3) is 5.65 Å². The Balaban J connectivity index is 1.55. The van der Waals surface area contributed by atoms with Crippen LogP contribution in [0.5, 0.6) is 0 Å². The van der Waals surface area contributed by atoms with E-state index < -0.39 is 11.5 Å². The molecule has 8 nitrogen and oxygen atoms in total. The molecule has 1 fully saturated rings. The maximum absolute atomic E-state index is 13.0. The molecule has 0 saturated carbocycles. The van der Waals surface area contributed by atoms with Crippen LogP contribution in [0.15, 0.2) is 47.5 Å². The van der Waals surface area contributed by atoms with Crippen molar-refractivity contribution in [3.8, 4) is 0 Å². The summed E-state index contributed by atoms with van der Waals surface area (Å²) in [5, 5.41) is 2.70. The summed E-state index contributed by atoms with van der Waals surface area (Å²) in [6, 6.07) is 10.3. The van der Waals surface area contributed by atoms with E-state index >= 15 is 0 Å². The maximum Gasteiger partial charge on any atom is 0.343 e. The second-order valence-electron chi connectivity index (χ2n) is 7.76. The zero-order chi connectivity index (χ0) is 21.3. The highest BCUT2D eigenvalue weighted by Crippen LogP contribution is 2.35. The number of hydrogen-bond donors (Lipinski definition) is 1. The zero-order valence-electron chi connectivity index (χ0n) is 17.1. The Bertz CT molecular complexity index is 1140. The Morgan fingerprint density at radius 3 is 2.53 bits per heavy atom. The van der Waals surface area contributed by atoms with Crippen molar-refractivity contribution in [3.63, 3.8) is 0 Å². The first-order valence-corrected chi connectivity index (χ1v) is 10.1. The van der Waals surface area contributed by atoms with Gasteiger partial charge in [0, 0.05) is 25.5 Å². The number of amides is 1. The molecule has 1 amide bonds. The summed E-state index contributed by atoms with van der Waals surface area (Å²) in [6.45, 7) is 5.25. The lowest BCUT2D eigenvalue weighted by Crippen LogP contribution is -2.45. The third-order valence-corrected chi connectivity index (χ3v) is 5.89. The van der Waals surface area contributed by atoms with Crippen molar-refractivity contribution in [2.24, 2.45) is 0 Å². The van der Waals surface area contributed by atoms with Gasteiger partial charge in [-0.2, -0.15) is 0 Å². The fourth-order valence-corrected chi connectivity index (χ4v) is 3.97.